The van der Waals surface area contributed by atoms with E-state index in [1.54, 1.807) is 13.8 Å². The molecule has 1 heterocycles. The van der Waals surface area contributed by atoms with E-state index >= 15 is 0 Å². The molecule has 124 valence electrons. The largest absolute Gasteiger partial charge is 0.481 e. The molecular formula is C18H24N2O3. The summed E-state index contributed by atoms with van der Waals surface area (Å²) in [5.41, 5.74) is 3.95. The van der Waals surface area contributed by atoms with Gasteiger partial charge in [0.25, 0.3) is 0 Å². The first-order valence-electron chi connectivity index (χ1n) is 7.74. The second-order valence-corrected chi connectivity index (χ2v) is 6.94. The van der Waals surface area contributed by atoms with Gasteiger partial charge in [-0.2, -0.15) is 0 Å². The Morgan fingerprint density at radius 1 is 1.22 bits per heavy atom. The Morgan fingerprint density at radius 3 is 2.57 bits per heavy atom. The van der Waals surface area contributed by atoms with Crippen LogP contribution in [0.1, 0.15) is 43.5 Å². The van der Waals surface area contributed by atoms with Crippen molar-refractivity contribution in [1.82, 2.24) is 10.3 Å². The highest BCUT2D eigenvalue weighted by Gasteiger charge is 2.25. The summed E-state index contributed by atoms with van der Waals surface area (Å²) < 4.78 is 0. The van der Waals surface area contributed by atoms with E-state index in [9.17, 15) is 9.59 Å². The van der Waals surface area contributed by atoms with Crippen LogP contribution in [0.3, 0.4) is 0 Å². The highest BCUT2D eigenvalue weighted by molar-refractivity contribution is 5.85. The van der Waals surface area contributed by atoms with Crippen LogP contribution in [0.2, 0.25) is 0 Å². The molecule has 0 spiro atoms. The summed E-state index contributed by atoms with van der Waals surface area (Å²) in [6, 6.07) is 6.09. The number of carboxylic acid groups (broad SMARTS) is 1. The number of carbonyl (C=O) groups excluding carboxylic acids is 1. The van der Waals surface area contributed by atoms with Crippen molar-refractivity contribution in [2.45, 2.75) is 47.1 Å². The maximum atomic E-state index is 12.0. The number of aryl methyl sites for hydroxylation is 2. The maximum absolute atomic E-state index is 12.0. The number of aromatic nitrogens is 1. The van der Waals surface area contributed by atoms with E-state index in [0.717, 1.165) is 16.8 Å². The number of aliphatic carboxylic acids is 1. The van der Waals surface area contributed by atoms with Crippen LogP contribution >= 0.6 is 0 Å². The van der Waals surface area contributed by atoms with Crippen molar-refractivity contribution < 1.29 is 14.7 Å². The van der Waals surface area contributed by atoms with Gasteiger partial charge in [-0.15, -0.1) is 0 Å². The molecule has 0 atom stereocenters. The van der Waals surface area contributed by atoms with E-state index in [2.05, 4.69) is 23.3 Å². The predicted molar refractivity (Wildman–Crippen MR) is 90.3 cm³/mol. The Hall–Kier alpha value is -2.30. The number of carboxylic acids is 1. The van der Waals surface area contributed by atoms with E-state index in [0.29, 0.717) is 6.54 Å². The molecule has 0 fully saturated rings. The summed E-state index contributed by atoms with van der Waals surface area (Å²) in [4.78, 5) is 26.2. The lowest BCUT2D eigenvalue weighted by atomic mass is 9.85. The Labute approximate surface area is 136 Å². The first-order valence-corrected chi connectivity index (χ1v) is 7.74. The zero-order valence-electron chi connectivity index (χ0n) is 14.1. The van der Waals surface area contributed by atoms with E-state index in [1.165, 1.54) is 10.9 Å². The van der Waals surface area contributed by atoms with Crippen LogP contribution in [-0.4, -0.2) is 22.0 Å². The lowest BCUT2D eigenvalue weighted by Crippen LogP contribution is -2.29. The number of hydrogen-bond acceptors (Lipinski definition) is 2. The van der Waals surface area contributed by atoms with Crippen LogP contribution in [0.5, 0.6) is 0 Å². The molecule has 1 amide bonds. The van der Waals surface area contributed by atoms with Gasteiger partial charge >= 0.3 is 5.97 Å². The molecule has 0 bridgehead atoms. The molecule has 0 aliphatic carbocycles. The second-order valence-electron chi connectivity index (χ2n) is 6.94. The molecule has 0 aliphatic rings. The minimum Gasteiger partial charge on any atom is -0.481 e. The average Bonchev–Trinajstić information content (AvgIpc) is 2.70. The quantitative estimate of drug-likeness (QED) is 0.765. The summed E-state index contributed by atoms with van der Waals surface area (Å²) in [5.74, 6) is -1.01. The third kappa shape index (κ3) is 4.34. The van der Waals surface area contributed by atoms with Crippen molar-refractivity contribution in [2.75, 3.05) is 0 Å². The Bertz CT molecular complexity index is 744. The van der Waals surface area contributed by atoms with Gasteiger partial charge in [-0.1, -0.05) is 19.9 Å². The van der Waals surface area contributed by atoms with Crippen LogP contribution in [0.15, 0.2) is 18.2 Å². The van der Waals surface area contributed by atoms with Gasteiger partial charge in [0.05, 0.1) is 6.42 Å². The second kappa shape index (κ2) is 6.44. The van der Waals surface area contributed by atoms with Crippen molar-refractivity contribution in [3.8, 4) is 0 Å². The lowest BCUT2D eigenvalue weighted by Gasteiger charge is -2.21. The summed E-state index contributed by atoms with van der Waals surface area (Å²) >= 11 is 0. The minimum atomic E-state index is -0.883. The molecular weight excluding hydrogens is 292 g/mol. The molecule has 1 aromatic carbocycles. The number of aromatic amines is 1. The minimum absolute atomic E-state index is 0.0196. The van der Waals surface area contributed by atoms with Gasteiger partial charge in [-0.3, -0.25) is 9.59 Å². The molecule has 5 nitrogen and oxygen atoms in total. The number of fused-ring (bicyclic) bond motifs is 1. The number of nitrogens with one attached hydrogen (secondary N) is 2. The number of amides is 1. The van der Waals surface area contributed by atoms with Crippen LogP contribution in [0.4, 0.5) is 0 Å². The Morgan fingerprint density at radius 2 is 1.91 bits per heavy atom. The summed E-state index contributed by atoms with van der Waals surface area (Å²) in [7, 11) is 0. The molecule has 5 heteroatoms. The zero-order valence-corrected chi connectivity index (χ0v) is 14.1. The zero-order chi connectivity index (χ0) is 17.2. The van der Waals surface area contributed by atoms with Gasteiger partial charge in [0.15, 0.2) is 0 Å². The van der Waals surface area contributed by atoms with Crippen molar-refractivity contribution in [3.05, 3.63) is 35.0 Å². The fourth-order valence-electron chi connectivity index (χ4n) is 2.79. The van der Waals surface area contributed by atoms with Gasteiger partial charge in [0.2, 0.25) is 5.91 Å². The molecule has 0 unspecified atom stereocenters. The number of benzene rings is 1. The number of carbonyl (C=O) groups is 2. The first-order chi connectivity index (χ1) is 10.7. The highest BCUT2D eigenvalue weighted by Crippen LogP contribution is 2.25. The van der Waals surface area contributed by atoms with E-state index < -0.39 is 11.4 Å². The van der Waals surface area contributed by atoms with Gasteiger partial charge in [-0.25, -0.2) is 0 Å². The van der Waals surface area contributed by atoms with Crippen LogP contribution < -0.4 is 5.32 Å². The molecule has 2 aromatic rings. The first kappa shape index (κ1) is 17.1. The SMILES string of the molecule is Cc1[nH]c2ccc(CNC(=O)CC(C)(C)CC(=O)O)cc2c1C. The molecule has 0 saturated carbocycles. The predicted octanol–water partition coefficient (Wildman–Crippen LogP) is 3.29. The number of rotatable bonds is 6. The fraction of sp³-hybridized carbons (Fsp3) is 0.444. The lowest BCUT2D eigenvalue weighted by molar-refractivity contribution is -0.139. The van der Waals surface area contributed by atoms with Gasteiger partial charge in [0.1, 0.15) is 0 Å². The van der Waals surface area contributed by atoms with Crippen molar-refractivity contribution in [2.24, 2.45) is 5.41 Å². The number of hydrogen-bond donors (Lipinski definition) is 3. The molecule has 0 aliphatic heterocycles. The van der Waals surface area contributed by atoms with Gasteiger partial charge < -0.3 is 15.4 Å². The van der Waals surface area contributed by atoms with Gasteiger partial charge in [-0.05, 0) is 42.5 Å². The normalized spacial score (nSPS) is 11.7. The average molecular weight is 316 g/mol. The van der Waals surface area contributed by atoms with E-state index in [4.69, 9.17) is 5.11 Å². The summed E-state index contributed by atoms with van der Waals surface area (Å²) in [6.07, 6.45) is 0.179. The van der Waals surface area contributed by atoms with Crippen LogP contribution in [0, 0.1) is 19.3 Å². The third-order valence-corrected chi connectivity index (χ3v) is 4.13. The molecule has 3 N–H and O–H groups in total. The highest BCUT2D eigenvalue weighted by atomic mass is 16.4. The molecule has 0 saturated heterocycles. The van der Waals surface area contributed by atoms with E-state index in [1.807, 2.05) is 19.1 Å². The smallest absolute Gasteiger partial charge is 0.303 e. The molecule has 23 heavy (non-hydrogen) atoms. The van der Waals surface area contributed by atoms with Crippen molar-refractivity contribution >= 4 is 22.8 Å². The maximum Gasteiger partial charge on any atom is 0.303 e. The summed E-state index contributed by atoms with van der Waals surface area (Å²) in [6.45, 7) is 8.14. The molecule has 1 aromatic heterocycles. The van der Waals surface area contributed by atoms with Crippen LogP contribution in [0.25, 0.3) is 10.9 Å². The van der Waals surface area contributed by atoms with E-state index in [-0.39, 0.29) is 18.7 Å². The topological polar surface area (TPSA) is 82.2 Å². The van der Waals surface area contributed by atoms with Crippen LogP contribution in [-0.2, 0) is 16.1 Å². The standard InChI is InChI=1S/C18H24N2O3/c1-11-12(2)20-15-6-5-13(7-14(11)15)10-19-16(21)8-18(3,4)9-17(22)23/h5-7,20H,8-10H2,1-4H3,(H,19,21)(H,22,23). The molecule has 0 radical (unpaired) electrons. The Kier molecular flexibility index (Phi) is 4.78. The van der Waals surface area contributed by atoms with Crippen molar-refractivity contribution in [1.29, 1.82) is 0 Å². The Balaban J connectivity index is 1.99. The third-order valence-electron chi connectivity index (χ3n) is 4.13. The monoisotopic (exact) mass is 316 g/mol. The van der Waals surface area contributed by atoms with Crippen molar-refractivity contribution in [3.63, 3.8) is 0 Å². The number of H-pyrrole nitrogens is 1. The van der Waals surface area contributed by atoms with Gasteiger partial charge in [0, 0.05) is 29.6 Å². The fourth-order valence-corrected chi connectivity index (χ4v) is 2.79. The molecule has 2 rings (SSSR count). The summed E-state index contributed by atoms with van der Waals surface area (Å²) in [5, 5.41) is 12.9.